The van der Waals surface area contributed by atoms with Crippen LogP contribution in [0.4, 0.5) is 0 Å². The number of aromatic nitrogens is 1. The van der Waals surface area contributed by atoms with E-state index >= 15 is 0 Å². The first-order valence-corrected chi connectivity index (χ1v) is 11.8. The van der Waals surface area contributed by atoms with Gasteiger partial charge in [-0.15, -0.1) is 0 Å². The summed E-state index contributed by atoms with van der Waals surface area (Å²) in [6.07, 6.45) is 4.10. The van der Waals surface area contributed by atoms with Gasteiger partial charge in [-0.3, -0.25) is 4.79 Å². The largest absolute Gasteiger partial charge is 0.350 e. The van der Waals surface area contributed by atoms with Gasteiger partial charge in [0.1, 0.15) is 0 Å². The van der Waals surface area contributed by atoms with Gasteiger partial charge in [-0.1, -0.05) is 30.3 Å². The summed E-state index contributed by atoms with van der Waals surface area (Å²) in [7, 11) is -3.43. The van der Waals surface area contributed by atoms with Gasteiger partial charge in [-0.25, -0.2) is 8.42 Å². The van der Waals surface area contributed by atoms with Crippen molar-refractivity contribution in [2.24, 2.45) is 0 Å². The molecule has 0 spiro atoms. The number of carbonyl (C=O) groups is 1. The van der Waals surface area contributed by atoms with Crippen molar-refractivity contribution in [1.29, 1.82) is 0 Å². The number of nitrogens with zero attached hydrogens (tertiary/aromatic N) is 2. The quantitative estimate of drug-likeness (QED) is 0.628. The molecular weight excluding hydrogens is 398 g/mol. The maximum atomic E-state index is 12.8. The highest BCUT2D eigenvalue weighted by molar-refractivity contribution is 7.89. The molecule has 1 fully saturated rings. The zero-order valence-corrected chi connectivity index (χ0v) is 17.9. The molecule has 2 aromatic carbocycles. The summed E-state index contributed by atoms with van der Waals surface area (Å²) in [4.78, 5) is 12.7. The predicted molar refractivity (Wildman–Crippen MR) is 118 cm³/mol. The van der Waals surface area contributed by atoms with Crippen LogP contribution in [-0.4, -0.2) is 36.3 Å². The van der Waals surface area contributed by atoms with E-state index in [0.29, 0.717) is 31.0 Å². The molecule has 6 nitrogen and oxygen atoms in total. The molecule has 158 valence electrons. The van der Waals surface area contributed by atoms with Gasteiger partial charge >= 0.3 is 0 Å². The number of rotatable bonds is 7. The lowest BCUT2D eigenvalue weighted by Gasteiger charge is -2.16. The topological polar surface area (TPSA) is 71.4 Å². The lowest BCUT2D eigenvalue weighted by Crippen LogP contribution is -2.27. The maximum absolute atomic E-state index is 12.8. The van der Waals surface area contributed by atoms with E-state index in [2.05, 4.69) is 5.32 Å². The van der Waals surface area contributed by atoms with Gasteiger partial charge in [-0.05, 0) is 49.6 Å². The second-order valence-corrected chi connectivity index (χ2v) is 9.73. The molecule has 4 rings (SSSR count). The van der Waals surface area contributed by atoms with Crippen molar-refractivity contribution in [2.75, 3.05) is 13.1 Å². The molecule has 30 heavy (non-hydrogen) atoms. The Kier molecular flexibility index (Phi) is 5.92. The molecule has 1 aliphatic rings. The third-order valence-corrected chi connectivity index (χ3v) is 7.60. The molecule has 2 heterocycles. The minimum atomic E-state index is -3.43. The summed E-state index contributed by atoms with van der Waals surface area (Å²) in [5, 5.41) is 3.90. The van der Waals surface area contributed by atoms with Crippen LogP contribution in [0.25, 0.3) is 10.9 Å². The van der Waals surface area contributed by atoms with E-state index in [0.717, 1.165) is 29.3 Å². The first-order chi connectivity index (χ1) is 14.4. The van der Waals surface area contributed by atoms with E-state index in [1.54, 1.807) is 16.4 Å². The third-order valence-electron chi connectivity index (χ3n) is 5.70. The lowest BCUT2D eigenvalue weighted by molar-refractivity contribution is -0.121. The smallest absolute Gasteiger partial charge is 0.243 e. The summed E-state index contributed by atoms with van der Waals surface area (Å²) in [5.74, 6) is -0.0126. The van der Waals surface area contributed by atoms with Gasteiger partial charge in [0, 0.05) is 43.2 Å². The number of aryl methyl sites for hydroxylation is 1. The second kappa shape index (κ2) is 8.62. The number of fused-ring (bicyclic) bond motifs is 1. The van der Waals surface area contributed by atoms with Gasteiger partial charge < -0.3 is 9.88 Å². The fourth-order valence-electron chi connectivity index (χ4n) is 3.97. The SMILES string of the molecule is C[C@@H](NC(=O)CCn1ccc2cc(S(=O)(=O)N3CCCC3)ccc21)c1ccccc1. The minimum absolute atomic E-state index is 0.0126. The van der Waals surface area contributed by atoms with Gasteiger partial charge in [0.15, 0.2) is 0 Å². The Morgan fingerprint density at radius 2 is 1.80 bits per heavy atom. The standard InChI is InChI=1S/C23H27N3O3S/c1-18(19-7-3-2-4-8-19)24-23(27)12-16-25-15-11-20-17-21(9-10-22(20)25)30(28,29)26-13-5-6-14-26/h2-4,7-11,15,17-18H,5-6,12-14,16H2,1H3,(H,24,27)/t18-/m1/s1. The van der Waals surface area contributed by atoms with Crippen LogP contribution in [0, 0.1) is 0 Å². The van der Waals surface area contributed by atoms with E-state index in [-0.39, 0.29) is 11.9 Å². The van der Waals surface area contributed by atoms with E-state index < -0.39 is 10.0 Å². The van der Waals surface area contributed by atoms with Gasteiger partial charge in [0.2, 0.25) is 15.9 Å². The normalized spacial score (nSPS) is 16.0. The number of carbonyl (C=O) groups excluding carboxylic acids is 1. The van der Waals surface area contributed by atoms with Crippen LogP contribution in [0.5, 0.6) is 0 Å². The Labute approximate surface area is 177 Å². The lowest BCUT2D eigenvalue weighted by atomic mass is 10.1. The Morgan fingerprint density at radius 1 is 1.07 bits per heavy atom. The van der Waals surface area contributed by atoms with Crippen molar-refractivity contribution in [3.8, 4) is 0 Å². The Balaban J connectivity index is 1.42. The number of hydrogen-bond acceptors (Lipinski definition) is 3. The van der Waals surface area contributed by atoms with Crippen LogP contribution < -0.4 is 5.32 Å². The number of nitrogens with one attached hydrogen (secondary N) is 1. The highest BCUT2D eigenvalue weighted by Crippen LogP contribution is 2.25. The molecule has 3 aromatic rings. The van der Waals surface area contributed by atoms with Crippen molar-refractivity contribution in [1.82, 2.24) is 14.2 Å². The number of sulfonamides is 1. The van der Waals surface area contributed by atoms with E-state index in [4.69, 9.17) is 0 Å². The summed E-state index contributed by atoms with van der Waals surface area (Å²) in [6.45, 7) is 3.70. The number of benzene rings is 2. The van der Waals surface area contributed by atoms with Crippen molar-refractivity contribution in [3.63, 3.8) is 0 Å². The Bertz CT molecular complexity index is 1130. The van der Waals surface area contributed by atoms with Gasteiger partial charge in [0.05, 0.1) is 10.9 Å². The first-order valence-electron chi connectivity index (χ1n) is 10.4. The molecule has 1 aromatic heterocycles. The Morgan fingerprint density at radius 3 is 2.53 bits per heavy atom. The van der Waals surface area contributed by atoms with Crippen LogP contribution in [0.3, 0.4) is 0 Å². The molecule has 1 saturated heterocycles. The average Bonchev–Trinajstić information content (AvgIpc) is 3.43. The van der Waals surface area contributed by atoms with Crippen molar-refractivity contribution in [3.05, 3.63) is 66.4 Å². The fourth-order valence-corrected chi connectivity index (χ4v) is 5.52. The molecule has 1 N–H and O–H groups in total. The van der Waals surface area contributed by atoms with Crippen LogP contribution in [0.1, 0.15) is 37.8 Å². The molecule has 7 heteroatoms. The summed E-state index contributed by atoms with van der Waals surface area (Å²) >= 11 is 0. The van der Waals surface area contributed by atoms with Crippen LogP contribution in [0.15, 0.2) is 65.7 Å². The first kappa shape index (κ1) is 20.6. The molecule has 0 bridgehead atoms. The van der Waals surface area contributed by atoms with Gasteiger partial charge in [0.25, 0.3) is 0 Å². The predicted octanol–water partition coefficient (Wildman–Crippen LogP) is 3.69. The zero-order valence-electron chi connectivity index (χ0n) is 17.1. The third kappa shape index (κ3) is 4.27. The molecule has 0 radical (unpaired) electrons. The monoisotopic (exact) mass is 425 g/mol. The number of hydrogen-bond donors (Lipinski definition) is 1. The highest BCUT2D eigenvalue weighted by atomic mass is 32.2. The molecular formula is C23H27N3O3S. The minimum Gasteiger partial charge on any atom is -0.350 e. The van der Waals surface area contributed by atoms with E-state index in [1.807, 2.05) is 60.2 Å². The molecule has 1 amide bonds. The average molecular weight is 426 g/mol. The summed E-state index contributed by atoms with van der Waals surface area (Å²) in [6, 6.07) is 17.0. The van der Waals surface area contributed by atoms with Crippen LogP contribution in [-0.2, 0) is 21.4 Å². The van der Waals surface area contributed by atoms with Gasteiger partial charge in [-0.2, -0.15) is 4.31 Å². The molecule has 0 unspecified atom stereocenters. The molecule has 0 saturated carbocycles. The highest BCUT2D eigenvalue weighted by Gasteiger charge is 2.27. The maximum Gasteiger partial charge on any atom is 0.243 e. The van der Waals surface area contributed by atoms with Crippen molar-refractivity contribution >= 4 is 26.8 Å². The van der Waals surface area contributed by atoms with Crippen molar-refractivity contribution < 1.29 is 13.2 Å². The molecule has 1 aliphatic heterocycles. The zero-order chi connectivity index (χ0) is 21.1. The number of amides is 1. The van der Waals surface area contributed by atoms with E-state index in [1.165, 1.54) is 0 Å². The molecule has 0 aliphatic carbocycles. The summed E-state index contributed by atoms with van der Waals surface area (Å²) < 4.78 is 29.1. The molecule has 1 atom stereocenters. The Hall–Kier alpha value is -2.64. The van der Waals surface area contributed by atoms with E-state index in [9.17, 15) is 13.2 Å². The van der Waals surface area contributed by atoms with Crippen LogP contribution in [0.2, 0.25) is 0 Å². The summed E-state index contributed by atoms with van der Waals surface area (Å²) in [5.41, 5.74) is 2.00. The second-order valence-electron chi connectivity index (χ2n) is 7.79. The fraction of sp³-hybridized carbons (Fsp3) is 0.348. The van der Waals surface area contributed by atoms with Crippen LogP contribution >= 0.6 is 0 Å². The van der Waals surface area contributed by atoms with Crippen molar-refractivity contribution in [2.45, 2.75) is 43.7 Å².